The van der Waals surface area contributed by atoms with Crippen LogP contribution in [0.4, 0.5) is 5.69 Å². The van der Waals surface area contributed by atoms with Crippen LogP contribution in [-0.2, 0) is 11.3 Å². The van der Waals surface area contributed by atoms with Gasteiger partial charge in [-0.3, -0.25) is 9.69 Å². The Bertz CT molecular complexity index is 964. The van der Waals surface area contributed by atoms with Gasteiger partial charge in [-0.05, 0) is 44.5 Å². The van der Waals surface area contributed by atoms with Gasteiger partial charge in [-0.2, -0.15) is 0 Å². The summed E-state index contributed by atoms with van der Waals surface area (Å²) in [4.78, 5) is 33.2. The minimum atomic E-state index is -0.486. The fourth-order valence-electron chi connectivity index (χ4n) is 2.49. The molecule has 3 aromatic heterocycles. The number of hydrogen-bond acceptors (Lipinski definition) is 7. The Morgan fingerprint density at radius 2 is 2.07 bits per heavy atom. The number of fused-ring (bicyclic) bond motifs is 1. The Balaban J connectivity index is 1.99. The van der Waals surface area contributed by atoms with Crippen molar-refractivity contribution in [3.8, 4) is 0 Å². The lowest BCUT2D eigenvalue weighted by atomic mass is 10.2. The second kappa shape index (κ2) is 8.16. The summed E-state index contributed by atoms with van der Waals surface area (Å²) in [5.41, 5.74) is 1.36. The highest BCUT2D eigenvalue weighted by Crippen LogP contribution is 2.36. The van der Waals surface area contributed by atoms with E-state index in [1.54, 1.807) is 6.07 Å². The Morgan fingerprint density at radius 1 is 1.30 bits per heavy atom. The molecule has 0 saturated carbocycles. The fourth-order valence-corrected chi connectivity index (χ4v) is 4.17. The third-order valence-electron chi connectivity index (χ3n) is 4.26. The molecule has 0 saturated heterocycles. The van der Waals surface area contributed by atoms with E-state index in [9.17, 15) is 9.59 Å². The lowest BCUT2D eigenvalue weighted by Crippen LogP contribution is -2.25. The fraction of sp³-hybridized carbons (Fsp3) is 0.316. The van der Waals surface area contributed by atoms with Crippen molar-refractivity contribution >= 4 is 50.5 Å². The molecule has 8 heteroatoms. The molecule has 1 N–H and O–H groups in total. The Morgan fingerprint density at radius 3 is 2.70 bits per heavy atom. The maximum atomic E-state index is 12.5. The monoisotopic (exact) mass is 403 g/mol. The zero-order chi connectivity index (χ0) is 19.6. The average molecular weight is 404 g/mol. The molecular weight excluding hydrogens is 382 g/mol. The van der Waals surface area contributed by atoms with Crippen LogP contribution < -0.4 is 5.32 Å². The minimum absolute atomic E-state index is 0.251. The van der Waals surface area contributed by atoms with Crippen LogP contribution in [0.15, 0.2) is 29.6 Å². The second-order valence-corrected chi connectivity index (χ2v) is 8.34. The molecule has 0 radical (unpaired) electrons. The van der Waals surface area contributed by atoms with E-state index in [1.807, 2.05) is 30.6 Å². The number of rotatable bonds is 6. The summed E-state index contributed by atoms with van der Waals surface area (Å²) in [6.07, 6.45) is 0. The van der Waals surface area contributed by atoms with E-state index in [-0.39, 0.29) is 5.91 Å². The number of carbonyl (C=O) groups excluding carboxylic acids is 2. The highest BCUT2D eigenvalue weighted by Gasteiger charge is 2.22. The molecule has 0 fully saturated rings. The van der Waals surface area contributed by atoms with Gasteiger partial charge in [-0.15, -0.1) is 22.7 Å². The molecule has 0 aliphatic heterocycles. The van der Waals surface area contributed by atoms with Crippen LogP contribution in [-0.4, -0.2) is 42.0 Å². The number of nitrogens with zero attached hydrogens (tertiary/aromatic N) is 2. The molecule has 0 aromatic carbocycles. The number of nitrogens with one attached hydrogen (secondary N) is 1. The number of anilines is 1. The van der Waals surface area contributed by atoms with Crippen LogP contribution in [0.5, 0.6) is 0 Å². The van der Waals surface area contributed by atoms with Crippen molar-refractivity contribution in [2.75, 3.05) is 19.5 Å². The molecule has 0 spiro atoms. The highest BCUT2D eigenvalue weighted by molar-refractivity contribution is 7.21. The van der Waals surface area contributed by atoms with E-state index < -0.39 is 5.97 Å². The van der Waals surface area contributed by atoms with Crippen LogP contribution in [0.3, 0.4) is 0 Å². The summed E-state index contributed by atoms with van der Waals surface area (Å²) in [5.74, 6) is -0.737. The molecule has 27 heavy (non-hydrogen) atoms. The number of esters is 1. The number of amides is 1. The molecular formula is C19H21N3O3S2. The van der Waals surface area contributed by atoms with Gasteiger partial charge in [0.2, 0.25) is 0 Å². The number of carbonyl (C=O) groups is 2. The summed E-state index contributed by atoms with van der Waals surface area (Å²) in [6.45, 7) is 4.95. The van der Waals surface area contributed by atoms with Gasteiger partial charge in [-0.1, -0.05) is 6.07 Å². The van der Waals surface area contributed by atoms with E-state index in [2.05, 4.69) is 29.0 Å². The molecule has 3 heterocycles. The number of methoxy groups -OCH3 is 1. The van der Waals surface area contributed by atoms with Gasteiger partial charge in [0, 0.05) is 18.0 Å². The van der Waals surface area contributed by atoms with E-state index >= 15 is 0 Å². The maximum absolute atomic E-state index is 12.5. The molecule has 3 rings (SSSR count). The van der Waals surface area contributed by atoms with Gasteiger partial charge < -0.3 is 10.1 Å². The molecule has 3 aromatic rings. The van der Waals surface area contributed by atoms with Crippen molar-refractivity contribution in [3.05, 3.63) is 45.1 Å². The number of hydrogen-bond donors (Lipinski definition) is 1. The lowest BCUT2D eigenvalue weighted by Gasteiger charge is -2.20. The van der Waals surface area contributed by atoms with Gasteiger partial charge >= 0.3 is 5.97 Å². The van der Waals surface area contributed by atoms with Gasteiger partial charge in [-0.25, -0.2) is 9.78 Å². The Kier molecular flexibility index (Phi) is 5.88. The first-order valence-electron chi connectivity index (χ1n) is 8.46. The van der Waals surface area contributed by atoms with Gasteiger partial charge in [0.1, 0.15) is 9.71 Å². The Labute approximate surface area is 165 Å². The van der Waals surface area contributed by atoms with Crippen molar-refractivity contribution in [1.29, 1.82) is 0 Å². The largest absolute Gasteiger partial charge is 0.465 e. The van der Waals surface area contributed by atoms with E-state index in [0.29, 0.717) is 32.9 Å². The molecule has 0 atom stereocenters. The lowest BCUT2D eigenvalue weighted by molar-refractivity contribution is 0.0607. The summed E-state index contributed by atoms with van der Waals surface area (Å²) < 4.78 is 4.89. The average Bonchev–Trinajstić information content (AvgIpc) is 3.29. The first kappa shape index (κ1) is 19.5. The molecule has 0 unspecified atom stereocenters. The van der Waals surface area contributed by atoms with Crippen molar-refractivity contribution in [3.63, 3.8) is 0 Å². The summed E-state index contributed by atoms with van der Waals surface area (Å²) in [6, 6.07) is 7.78. The van der Waals surface area contributed by atoms with E-state index in [4.69, 9.17) is 4.74 Å². The zero-order valence-electron chi connectivity index (χ0n) is 15.6. The quantitative estimate of drug-likeness (QED) is 0.624. The Hall–Kier alpha value is -2.29. The van der Waals surface area contributed by atoms with Crippen LogP contribution in [0.1, 0.15) is 38.9 Å². The smallest absolute Gasteiger partial charge is 0.350 e. The SMILES string of the molecule is COC(=O)c1sc2nc(CN(C)C(C)C)ccc2c1NC(=O)c1cccs1. The zero-order valence-corrected chi connectivity index (χ0v) is 17.2. The van der Waals surface area contributed by atoms with Gasteiger partial charge in [0.25, 0.3) is 5.91 Å². The predicted molar refractivity (Wildman–Crippen MR) is 110 cm³/mol. The van der Waals surface area contributed by atoms with Gasteiger partial charge in [0.15, 0.2) is 0 Å². The molecule has 0 bridgehead atoms. The first-order chi connectivity index (χ1) is 12.9. The van der Waals surface area contributed by atoms with Crippen molar-refractivity contribution in [2.45, 2.75) is 26.4 Å². The topological polar surface area (TPSA) is 71.5 Å². The summed E-state index contributed by atoms with van der Waals surface area (Å²) in [5, 5.41) is 5.43. The summed E-state index contributed by atoms with van der Waals surface area (Å²) in [7, 11) is 3.37. The predicted octanol–water partition coefficient (Wildman–Crippen LogP) is 4.24. The van der Waals surface area contributed by atoms with E-state index in [0.717, 1.165) is 11.1 Å². The third-order valence-corrected chi connectivity index (χ3v) is 6.21. The van der Waals surface area contributed by atoms with Crippen molar-refractivity contribution in [1.82, 2.24) is 9.88 Å². The molecule has 0 aliphatic carbocycles. The van der Waals surface area contributed by atoms with Gasteiger partial charge in [0.05, 0.1) is 23.4 Å². The maximum Gasteiger partial charge on any atom is 0.350 e. The number of pyridine rings is 1. The van der Waals surface area contributed by atoms with Crippen LogP contribution in [0.2, 0.25) is 0 Å². The normalized spacial score (nSPS) is 11.3. The number of ether oxygens (including phenoxy) is 1. The molecule has 1 amide bonds. The number of thiophene rings is 2. The molecule has 142 valence electrons. The minimum Gasteiger partial charge on any atom is -0.465 e. The molecule has 6 nitrogen and oxygen atoms in total. The number of aromatic nitrogens is 1. The third kappa shape index (κ3) is 4.18. The van der Waals surface area contributed by atoms with Crippen LogP contribution in [0.25, 0.3) is 10.2 Å². The standard InChI is InChI=1S/C19H21N3O3S2/c1-11(2)22(3)10-12-7-8-13-15(21-17(23)14-6-5-9-26-14)16(19(24)25-4)27-18(13)20-12/h5-9,11H,10H2,1-4H3,(H,21,23). The second-order valence-electron chi connectivity index (χ2n) is 6.39. The van der Waals surface area contributed by atoms with Crippen LogP contribution >= 0.6 is 22.7 Å². The molecule has 0 aliphatic rings. The highest BCUT2D eigenvalue weighted by atomic mass is 32.1. The van der Waals surface area contributed by atoms with Crippen molar-refractivity contribution in [2.24, 2.45) is 0 Å². The van der Waals surface area contributed by atoms with Crippen LogP contribution in [0, 0.1) is 0 Å². The summed E-state index contributed by atoms with van der Waals surface area (Å²) >= 11 is 2.57. The van der Waals surface area contributed by atoms with E-state index in [1.165, 1.54) is 29.8 Å². The first-order valence-corrected chi connectivity index (χ1v) is 10.2. The van der Waals surface area contributed by atoms with Crippen molar-refractivity contribution < 1.29 is 14.3 Å².